The molecule has 10 heterocycles. The summed E-state index contributed by atoms with van der Waals surface area (Å²) < 4.78 is 9.98. The third kappa shape index (κ3) is 48.1. The van der Waals surface area contributed by atoms with Gasteiger partial charge in [0.25, 0.3) is 0 Å². The summed E-state index contributed by atoms with van der Waals surface area (Å²) in [5, 5.41) is 0. The van der Waals surface area contributed by atoms with E-state index in [-0.39, 0.29) is 14.9 Å². The molecule has 0 aliphatic rings. The summed E-state index contributed by atoms with van der Waals surface area (Å²) in [5.41, 5.74) is 23.1. The monoisotopic (exact) mass is 1540 g/mol. The molecule has 1 aromatic carbocycles. The van der Waals surface area contributed by atoms with Gasteiger partial charge in [-0.15, -0.1) is 0 Å². The molecule has 0 spiro atoms. The van der Waals surface area contributed by atoms with Crippen LogP contribution in [0.15, 0.2) is 214 Å². The Bertz CT molecular complexity index is 3680. The van der Waals surface area contributed by atoms with E-state index < -0.39 is 0 Å². The second-order valence-corrected chi connectivity index (χ2v) is 31.3. The van der Waals surface area contributed by atoms with E-state index in [2.05, 4.69) is 338 Å². The van der Waals surface area contributed by atoms with Crippen molar-refractivity contribution in [3.63, 3.8) is 0 Å². The van der Waals surface area contributed by atoms with Gasteiger partial charge in [0.05, 0.1) is 20.4 Å². The molecule has 0 saturated heterocycles. The third-order valence-electron chi connectivity index (χ3n) is 17.3. The zero-order chi connectivity index (χ0) is 83.7. The average Bonchev–Trinajstić information content (AvgIpc) is 0.879. The summed E-state index contributed by atoms with van der Waals surface area (Å²) in [6.07, 6.45) is 18.9. The SMILES string of the molecule is C.C.CC(C)c1ccccc1.COc1cc(C(C)C)ccn1.COc1ccc(C(C)C)nc1.Cc1cc(C(C)C)ccn1.Cc1ccc(C(C)C)cn1.Cc1ccc(C(C)C)cn1.Cc1ccc(C(C)C)cn1.Cc1ccc(C(C)C)cn1.Cc1ccc(C(C)C)nc1.Cc1ccc(C(C)C)nc1.Cc1ccnc(C(C)C)c1. The lowest BCUT2D eigenvalue weighted by Crippen LogP contribution is -1.92. The van der Waals surface area contributed by atoms with Gasteiger partial charge >= 0.3 is 0 Å². The van der Waals surface area contributed by atoms with Crippen LogP contribution in [0, 0.1) is 55.4 Å². The number of rotatable bonds is 13. The number of aryl methyl sites for hydroxylation is 8. The number of benzene rings is 1. The maximum Gasteiger partial charge on any atom is 0.213 e. The van der Waals surface area contributed by atoms with Gasteiger partial charge in [-0.3, -0.25) is 44.9 Å². The maximum atomic E-state index is 4.99. The summed E-state index contributed by atoms with van der Waals surface area (Å²) >= 11 is 0. The highest BCUT2D eigenvalue weighted by molar-refractivity contribution is 5.26. The van der Waals surface area contributed by atoms with Crippen LogP contribution in [-0.2, 0) is 0 Å². The molecule has 0 aliphatic heterocycles. The smallest absolute Gasteiger partial charge is 0.213 e. The molecule has 616 valence electrons. The number of hydrogen-bond donors (Lipinski definition) is 0. The zero-order valence-electron chi connectivity index (χ0n) is 74.3. The molecule has 0 aliphatic carbocycles. The number of ether oxygens (including phenoxy) is 2. The molecule has 0 amide bonds. The number of aromatic nitrogens is 10. The maximum absolute atomic E-state index is 4.99. The Balaban J connectivity index is 0. The molecule has 113 heavy (non-hydrogen) atoms. The molecule has 11 aromatic rings. The Morgan fingerprint density at radius 1 is 0.212 bits per heavy atom. The number of nitrogens with zero attached hydrogens (tertiary/aromatic N) is 10. The first kappa shape index (κ1) is 105. The van der Waals surface area contributed by atoms with Crippen molar-refractivity contribution in [2.45, 2.75) is 288 Å². The summed E-state index contributed by atoms with van der Waals surface area (Å²) in [6, 6.07) is 51.9. The average molecular weight is 1540 g/mol. The summed E-state index contributed by atoms with van der Waals surface area (Å²) in [5.74, 6) is 7.79. The van der Waals surface area contributed by atoms with Crippen LogP contribution in [0.3, 0.4) is 0 Å². The van der Waals surface area contributed by atoms with Crippen LogP contribution < -0.4 is 9.47 Å². The molecule has 0 fully saturated rings. The lowest BCUT2D eigenvalue weighted by molar-refractivity contribution is 0.397. The normalized spacial score (nSPS) is 10.2. The van der Waals surface area contributed by atoms with Gasteiger partial charge in [-0.25, -0.2) is 4.98 Å². The van der Waals surface area contributed by atoms with Gasteiger partial charge in [-0.2, -0.15) is 0 Å². The number of hydrogen-bond acceptors (Lipinski definition) is 12. The van der Waals surface area contributed by atoms with E-state index in [9.17, 15) is 0 Å². The van der Waals surface area contributed by atoms with Gasteiger partial charge in [-0.1, -0.05) is 234 Å². The fourth-order valence-electron chi connectivity index (χ4n) is 9.31. The Morgan fingerprint density at radius 3 is 0.779 bits per heavy atom. The minimum atomic E-state index is 0. The fourth-order valence-corrected chi connectivity index (χ4v) is 9.31. The van der Waals surface area contributed by atoms with Crippen molar-refractivity contribution in [1.29, 1.82) is 0 Å². The van der Waals surface area contributed by atoms with Crippen molar-refractivity contribution >= 4 is 0 Å². The van der Waals surface area contributed by atoms with Crippen molar-refractivity contribution in [2.75, 3.05) is 14.2 Å². The molecule has 11 rings (SSSR count). The highest BCUT2D eigenvalue weighted by Gasteiger charge is 2.06. The molecule has 12 nitrogen and oxygen atoms in total. The quantitative estimate of drug-likeness (QED) is 0.108. The predicted molar refractivity (Wildman–Crippen MR) is 488 cm³/mol. The van der Waals surface area contributed by atoms with Crippen molar-refractivity contribution in [3.05, 3.63) is 321 Å². The van der Waals surface area contributed by atoms with Crippen LogP contribution in [0.1, 0.15) is 339 Å². The van der Waals surface area contributed by atoms with Crippen LogP contribution >= 0.6 is 0 Å². The van der Waals surface area contributed by atoms with E-state index in [0.29, 0.717) is 71.0 Å². The van der Waals surface area contributed by atoms with E-state index in [1.165, 1.54) is 72.7 Å². The van der Waals surface area contributed by atoms with Gasteiger partial charge in [0, 0.05) is 113 Å². The van der Waals surface area contributed by atoms with Crippen molar-refractivity contribution in [2.24, 2.45) is 0 Å². The molecule has 0 bridgehead atoms. The Kier molecular flexibility index (Phi) is 55.1. The molecular weight excluding hydrogens is 1390 g/mol. The summed E-state index contributed by atoms with van der Waals surface area (Å²) in [6.45, 7) is 63.8. The molecule has 0 N–H and O–H groups in total. The molecule has 0 radical (unpaired) electrons. The van der Waals surface area contributed by atoms with Crippen molar-refractivity contribution < 1.29 is 9.47 Å². The Morgan fingerprint density at radius 2 is 0.540 bits per heavy atom. The van der Waals surface area contributed by atoms with Crippen LogP contribution in [0.25, 0.3) is 0 Å². The van der Waals surface area contributed by atoms with E-state index >= 15 is 0 Å². The van der Waals surface area contributed by atoms with E-state index in [1.807, 2.05) is 121 Å². The van der Waals surface area contributed by atoms with Crippen LogP contribution in [0.2, 0.25) is 0 Å². The topological polar surface area (TPSA) is 147 Å². The Hall–Kier alpha value is -9.68. The molecular formula is C101H150N10O2. The van der Waals surface area contributed by atoms with Gasteiger partial charge in [-0.05, 0) is 255 Å². The lowest BCUT2D eigenvalue weighted by Gasteiger charge is -2.05. The fraction of sp³-hybridized carbons (Fsp3) is 0.446. The van der Waals surface area contributed by atoms with E-state index in [0.717, 1.165) is 39.9 Å². The van der Waals surface area contributed by atoms with Gasteiger partial charge < -0.3 is 9.47 Å². The molecule has 0 atom stereocenters. The molecule has 12 heteroatoms. The van der Waals surface area contributed by atoms with Gasteiger partial charge in [0.15, 0.2) is 0 Å². The Labute approximate surface area is 689 Å². The van der Waals surface area contributed by atoms with Crippen LogP contribution in [0.5, 0.6) is 11.6 Å². The summed E-state index contributed by atoms with van der Waals surface area (Å²) in [7, 11) is 3.28. The minimum absolute atomic E-state index is 0. The van der Waals surface area contributed by atoms with Crippen LogP contribution in [-0.4, -0.2) is 64.1 Å². The van der Waals surface area contributed by atoms with Gasteiger partial charge in [0.1, 0.15) is 5.75 Å². The van der Waals surface area contributed by atoms with Crippen molar-refractivity contribution in [3.8, 4) is 11.6 Å². The first-order chi connectivity index (χ1) is 52.4. The second kappa shape index (κ2) is 59.1. The van der Waals surface area contributed by atoms with E-state index in [4.69, 9.17) is 9.47 Å². The van der Waals surface area contributed by atoms with E-state index in [1.54, 1.807) is 26.6 Å². The third-order valence-corrected chi connectivity index (χ3v) is 17.3. The van der Waals surface area contributed by atoms with Crippen molar-refractivity contribution in [1.82, 2.24) is 49.8 Å². The molecule has 0 unspecified atom stereocenters. The molecule has 0 saturated carbocycles. The van der Waals surface area contributed by atoms with Crippen LogP contribution in [0.4, 0.5) is 0 Å². The minimum Gasteiger partial charge on any atom is -0.495 e. The largest absolute Gasteiger partial charge is 0.495 e. The highest BCUT2D eigenvalue weighted by Crippen LogP contribution is 2.21. The second-order valence-electron chi connectivity index (χ2n) is 31.3. The predicted octanol–water partition coefficient (Wildman–Crippen LogP) is 28.6. The first-order valence-electron chi connectivity index (χ1n) is 39.8. The number of methoxy groups -OCH3 is 2. The highest BCUT2D eigenvalue weighted by atomic mass is 16.5. The number of pyridine rings is 10. The standard InChI is InChI=1S/2C9H13NO.8C9H13N.C9H12.2CH4/c1-7(2)9-5-4-8(11-3)6-10-9;1-7(2)8-4-5-10-9(6-8)11-3;1-7(2)9-4-5-10-8(3)6-9;4*1-7(2)9-5-4-8(3)10-6-9;1-7(2)9-6-8(3)4-5-10-9;2*1-7(2)9-5-4-8(3)6-10-9;1-8(2)9-6-4-3-5-7-9;;/h2*4-7H,1-3H3;8*4-7H,1-3H3;3-8H,1-2H3;2*1H4. The van der Waals surface area contributed by atoms with Gasteiger partial charge in [0.2, 0.25) is 5.88 Å². The lowest BCUT2D eigenvalue weighted by atomic mass is 10.0. The molecule has 10 aromatic heterocycles. The summed E-state index contributed by atoms with van der Waals surface area (Å²) in [4.78, 5) is 42.0. The first-order valence-corrected chi connectivity index (χ1v) is 39.8. The zero-order valence-corrected chi connectivity index (χ0v) is 74.3.